The molecule has 2 N–H and O–H groups in total. The third-order valence-electron chi connectivity index (χ3n) is 1.88. The van der Waals surface area contributed by atoms with E-state index in [9.17, 15) is 0 Å². The highest BCUT2D eigenvalue weighted by molar-refractivity contribution is 9.10. The summed E-state index contributed by atoms with van der Waals surface area (Å²) in [5.41, 5.74) is 6.81. The second-order valence-corrected chi connectivity index (χ2v) is 3.53. The van der Waals surface area contributed by atoms with Crippen molar-refractivity contribution in [2.24, 2.45) is 7.05 Å². The minimum absolute atomic E-state index is 0.569. The van der Waals surface area contributed by atoms with Gasteiger partial charge < -0.3 is 10.3 Å². The summed E-state index contributed by atoms with van der Waals surface area (Å²) in [6.45, 7) is 0. The van der Waals surface area contributed by atoms with Crippen molar-refractivity contribution in [2.75, 3.05) is 5.73 Å². The van der Waals surface area contributed by atoms with E-state index in [4.69, 9.17) is 5.73 Å². The number of rotatable bonds is 0. The van der Waals surface area contributed by atoms with Gasteiger partial charge in [0.15, 0.2) is 0 Å². The maximum atomic E-state index is 5.72. The number of nitrogens with zero attached hydrogens (tertiary/aromatic N) is 2. The second-order valence-electron chi connectivity index (χ2n) is 2.68. The summed E-state index contributed by atoms with van der Waals surface area (Å²) in [6, 6.07) is 1.94. The van der Waals surface area contributed by atoms with Crippen LogP contribution in [0, 0.1) is 0 Å². The van der Waals surface area contributed by atoms with Gasteiger partial charge in [-0.05, 0) is 22.0 Å². The number of hydrogen-bond donors (Lipinski definition) is 1. The Labute approximate surface area is 78.3 Å². The molecule has 0 aromatic carbocycles. The fraction of sp³-hybridized carbons (Fsp3) is 0.125. The van der Waals surface area contributed by atoms with E-state index in [1.807, 2.05) is 23.9 Å². The molecule has 0 saturated heterocycles. The Bertz CT molecular complexity index is 433. The van der Waals surface area contributed by atoms with Gasteiger partial charge in [0, 0.05) is 23.9 Å². The molecule has 0 radical (unpaired) electrons. The van der Waals surface area contributed by atoms with Crippen LogP contribution in [0.2, 0.25) is 0 Å². The fourth-order valence-electron chi connectivity index (χ4n) is 1.31. The lowest BCUT2D eigenvalue weighted by Gasteiger charge is -1.96. The predicted molar refractivity (Wildman–Crippen MR) is 52.8 cm³/mol. The molecule has 0 unspecified atom stereocenters. The summed E-state index contributed by atoms with van der Waals surface area (Å²) in [5, 5.41) is 0.986. The van der Waals surface area contributed by atoms with Crippen LogP contribution in [-0.4, -0.2) is 9.55 Å². The Morgan fingerprint density at radius 1 is 1.58 bits per heavy atom. The van der Waals surface area contributed by atoms with E-state index in [1.165, 1.54) is 0 Å². The molecule has 0 spiro atoms. The molecule has 0 fully saturated rings. The molecule has 2 aromatic rings. The lowest BCUT2D eigenvalue weighted by atomic mass is 10.3. The SMILES string of the molecule is Cn1cc(Br)c2c(N)nccc21. The second kappa shape index (κ2) is 2.48. The number of nitrogens with two attached hydrogens (primary N) is 1. The zero-order valence-electron chi connectivity index (χ0n) is 6.58. The molecule has 3 nitrogen and oxygen atoms in total. The Morgan fingerprint density at radius 3 is 3.00 bits per heavy atom. The number of fused-ring (bicyclic) bond motifs is 1. The van der Waals surface area contributed by atoms with E-state index in [0.717, 1.165) is 15.4 Å². The van der Waals surface area contributed by atoms with Gasteiger partial charge in [0.1, 0.15) is 5.82 Å². The van der Waals surface area contributed by atoms with E-state index in [-0.39, 0.29) is 0 Å². The molecule has 0 aliphatic rings. The molecule has 0 saturated carbocycles. The number of aromatic nitrogens is 2. The standard InChI is InChI=1S/C8H8BrN3/c1-12-4-5(9)7-6(12)2-3-11-8(7)10/h2-4H,1H3,(H2,10,11). The summed E-state index contributed by atoms with van der Waals surface area (Å²) in [5.74, 6) is 0.569. The topological polar surface area (TPSA) is 43.8 Å². The summed E-state index contributed by atoms with van der Waals surface area (Å²) in [7, 11) is 1.98. The van der Waals surface area contributed by atoms with E-state index in [0.29, 0.717) is 5.82 Å². The van der Waals surface area contributed by atoms with Crippen molar-refractivity contribution in [1.29, 1.82) is 0 Å². The Kier molecular flexibility index (Phi) is 1.58. The average Bonchev–Trinajstić information content (AvgIpc) is 2.29. The molecule has 0 atom stereocenters. The van der Waals surface area contributed by atoms with Crippen molar-refractivity contribution in [1.82, 2.24) is 9.55 Å². The highest BCUT2D eigenvalue weighted by Crippen LogP contribution is 2.28. The van der Waals surface area contributed by atoms with Gasteiger partial charge in [0.2, 0.25) is 0 Å². The van der Waals surface area contributed by atoms with E-state index < -0.39 is 0 Å². The summed E-state index contributed by atoms with van der Waals surface area (Å²) in [4.78, 5) is 4.02. The van der Waals surface area contributed by atoms with Crippen molar-refractivity contribution in [3.8, 4) is 0 Å². The van der Waals surface area contributed by atoms with Crippen molar-refractivity contribution in [3.63, 3.8) is 0 Å². The molecule has 2 heterocycles. The van der Waals surface area contributed by atoms with Gasteiger partial charge in [0.05, 0.1) is 10.9 Å². The third-order valence-corrected chi connectivity index (χ3v) is 2.49. The minimum atomic E-state index is 0.569. The molecule has 4 heteroatoms. The van der Waals surface area contributed by atoms with Gasteiger partial charge in [-0.3, -0.25) is 0 Å². The normalized spacial score (nSPS) is 10.8. The largest absolute Gasteiger partial charge is 0.383 e. The van der Waals surface area contributed by atoms with Crippen LogP contribution >= 0.6 is 15.9 Å². The smallest absolute Gasteiger partial charge is 0.133 e. The number of hydrogen-bond acceptors (Lipinski definition) is 2. The lowest BCUT2D eigenvalue weighted by Crippen LogP contribution is -1.90. The average molecular weight is 226 g/mol. The minimum Gasteiger partial charge on any atom is -0.383 e. The Balaban J connectivity index is 2.99. The van der Waals surface area contributed by atoms with Crippen molar-refractivity contribution >= 4 is 32.7 Å². The van der Waals surface area contributed by atoms with Crippen LogP contribution in [0.25, 0.3) is 10.9 Å². The Hall–Kier alpha value is -1.03. The molecule has 2 aromatic heterocycles. The van der Waals surface area contributed by atoms with E-state index >= 15 is 0 Å². The molecule has 2 rings (SSSR count). The van der Waals surface area contributed by atoms with E-state index in [1.54, 1.807) is 6.20 Å². The number of anilines is 1. The molecule has 0 bridgehead atoms. The first-order chi connectivity index (χ1) is 5.70. The van der Waals surface area contributed by atoms with Crippen LogP contribution in [0.5, 0.6) is 0 Å². The van der Waals surface area contributed by atoms with Crippen molar-refractivity contribution in [3.05, 3.63) is 22.9 Å². The van der Waals surface area contributed by atoms with Crippen LogP contribution in [0.15, 0.2) is 22.9 Å². The zero-order chi connectivity index (χ0) is 8.72. The summed E-state index contributed by atoms with van der Waals surface area (Å²) in [6.07, 6.45) is 3.69. The molecule has 12 heavy (non-hydrogen) atoms. The molecular formula is C8H8BrN3. The van der Waals surface area contributed by atoms with Crippen LogP contribution in [0.3, 0.4) is 0 Å². The first-order valence-electron chi connectivity index (χ1n) is 3.55. The van der Waals surface area contributed by atoms with Crippen LogP contribution in [-0.2, 0) is 7.05 Å². The van der Waals surface area contributed by atoms with Crippen LogP contribution in [0.1, 0.15) is 0 Å². The summed E-state index contributed by atoms with van der Waals surface area (Å²) >= 11 is 3.43. The Morgan fingerprint density at radius 2 is 2.33 bits per heavy atom. The first kappa shape index (κ1) is 7.61. The van der Waals surface area contributed by atoms with Gasteiger partial charge in [0.25, 0.3) is 0 Å². The maximum absolute atomic E-state index is 5.72. The fourth-order valence-corrected chi connectivity index (χ4v) is 2.02. The van der Waals surface area contributed by atoms with Crippen molar-refractivity contribution < 1.29 is 0 Å². The lowest BCUT2D eigenvalue weighted by molar-refractivity contribution is 0.966. The first-order valence-corrected chi connectivity index (χ1v) is 4.34. The molecule has 0 aliphatic carbocycles. The summed E-state index contributed by atoms with van der Waals surface area (Å²) < 4.78 is 3.00. The third kappa shape index (κ3) is 0.914. The highest BCUT2D eigenvalue weighted by atomic mass is 79.9. The van der Waals surface area contributed by atoms with Gasteiger partial charge in [-0.1, -0.05) is 0 Å². The zero-order valence-corrected chi connectivity index (χ0v) is 8.17. The molecule has 62 valence electrons. The monoisotopic (exact) mass is 225 g/mol. The van der Waals surface area contributed by atoms with Gasteiger partial charge in [-0.25, -0.2) is 4.98 Å². The quantitative estimate of drug-likeness (QED) is 0.745. The van der Waals surface area contributed by atoms with E-state index in [2.05, 4.69) is 20.9 Å². The van der Waals surface area contributed by atoms with Crippen LogP contribution in [0.4, 0.5) is 5.82 Å². The van der Waals surface area contributed by atoms with Crippen molar-refractivity contribution in [2.45, 2.75) is 0 Å². The molecule has 0 amide bonds. The van der Waals surface area contributed by atoms with Gasteiger partial charge in [-0.2, -0.15) is 0 Å². The number of nitrogen functional groups attached to an aromatic ring is 1. The van der Waals surface area contributed by atoms with Crippen LogP contribution < -0.4 is 5.73 Å². The highest BCUT2D eigenvalue weighted by Gasteiger charge is 2.06. The van der Waals surface area contributed by atoms with Gasteiger partial charge >= 0.3 is 0 Å². The number of aryl methyl sites for hydroxylation is 1. The number of halogens is 1. The maximum Gasteiger partial charge on any atom is 0.133 e. The predicted octanol–water partition coefficient (Wildman–Crippen LogP) is 1.92. The molecule has 0 aliphatic heterocycles. The number of pyridine rings is 1. The molecular weight excluding hydrogens is 218 g/mol. The van der Waals surface area contributed by atoms with Gasteiger partial charge in [-0.15, -0.1) is 0 Å².